The lowest BCUT2D eigenvalue weighted by molar-refractivity contribution is 0.0954. The largest absolute Gasteiger partial charge is 0.463 e. The summed E-state index contributed by atoms with van der Waals surface area (Å²) in [4.78, 5) is 24.2. The van der Waals surface area contributed by atoms with E-state index >= 15 is 0 Å². The van der Waals surface area contributed by atoms with E-state index in [0.717, 1.165) is 5.56 Å². The van der Waals surface area contributed by atoms with Crippen molar-refractivity contribution in [2.75, 3.05) is 5.32 Å². The molecule has 0 unspecified atom stereocenters. The Labute approximate surface area is 150 Å². The van der Waals surface area contributed by atoms with Crippen LogP contribution < -0.4 is 10.7 Å². The molecule has 6 heteroatoms. The normalized spacial score (nSPS) is 10.7. The molecular formula is C20H17N3O3. The maximum absolute atomic E-state index is 12.2. The van der Waals surface area contributed by atoms with Crippen LogP contribution >= 0.6 is 0 Å². The van der Waals surface area contributed by atoms with Crippen LogP contribution in [0.25, 0.3) is 0 Å². The second-order valence-corrected chi connectivity index (χ2v) is 5.61. The molecule has 0 spiro atoms. The summed E-state index contributed by atoms with van der Waals surface area (Å²) in [6, 6.07) is 17.3. The number of aryl methyl sites for hydroxylation is 1. The van der Waals surface area contributed by atoms with Gasteiger partial charge in [0.15, 0.2) is 0 Å². The van der Waals surface area contributed by atoms with E-state index in [1.165, 1.54) is 12.5 Å². The fourth-order valence-corrected chi connectivity index (χ4v) is 2.20. The summed E-state index contributed by atoms with van der Waals surface area (Å²) in [5.74, 6) is -0.0195. The molecule has 0 aliphatic carbocycles. The lowest BCUT2D eigenvalue weighted by Gasteiger charge is -2.06. The van der Waals surface area contributed by atoms with E-state index in [4.69, 9.17) is 4.42 Å². The van der Waals surface area contributed by atoms with Gasteiger partial charge in [0.1, 0.15) is 5.76 Å². The van der Waals surface area contributed by atoms with E-state index in [1.54, 1.807) is 48.5 Å². The first kappa shape index (κ1) is 17.2. The Morgan fingerprint density at radius 1 is 0.923 bits per heavy atom. The zero-order valence-corrected chi connectivity index (χ0v) is 14.1. The molecular weight excluding hydrogens is 330 g/mol. The van der Waals surface area contributed by atoms with Gasteiger partial charge in [-0.2, -0.15) is 5.10 Å². The third kappa shape index (κ3) is 4.45. The Hall–Kier alpha value is -3.67. The lowest BCUT2D eigenvalue weighted by Crippen LogP contribution is -2.17. The van der Waals surface area contributed by atoms with Gasteiger partial charge in [-0.05, 0) is 55.5 Å². The Morgan fingerprint density at radius 2 is 1.58 bits per heavy atom. The summed E-state index contributed by atoms with van der Waals surface area (Å²) < 4.78 is 5.08. The third-order valence-electron chi connectivity index (χ3n) is 3.62. The molecule has 3 rings (SSSR count). The molecule has 3 aromatic rings. The van der Waals surface area contributed by atoms with Crippen LogP contribution in [0.3, 0.4) is 0 Å². The quantitative estimate of drug-likeness (QED) is 0.546. The van der Waals surface area contributed by atoms with Gasteiger partial charge < -0.3 is 9.73 Å². The van der Waals surface area contributed by atoms with Gasteiger partial charge in [0.25, 0.3) is 11.8 Å². The minimum absolute atomic E-state index is 0.203. The van der Waals surface area contributed by atoms with Crippen LogP contribution in [-0.4, -0.2) is 18.0 Å². The number of hydrogen-bond acceptors (Lipinski definition) is 4. The third-order valence-corrected chi connectivity index (χ3v) is 3.62. The predicted molar refractivity (Wildman–Crippen MR) is 99.3 cm³/mol. The van der Waals surface area contributed by atoms with Gasteiger partial charge in [-0.25, -0.2) is 5.43 Å². The number of amides is 2. The van der Waals surface area contributed by atoms with Crippen LogP contribution in [-0.2, 0) is 0 Å². The van der Waals surface area contributed by atoms with Gasteiger partial charge in [0.05, 0.1) is 12.5 Å². The van der Waals surface area contributed by atoms with E-state index in [0.29, 0.717) is 22.6 Å². The summed E-state index contributed by atoms with van der Waals surface area (Å²) >= 11 is 0. The van der Waals surface area contributed by atoms with Gasteiger partial charge in [0, 0.05) is 16.8 Å². The van der Waals surface area contributed by atoms with Gasteiger partial charge in [0.2, 0.25) is 0 Å². The van der Waals surface area contributed by atoms with Crippen molar-refractivity contribution in [2.45, 2.75) is 6.92 Å². The van der Waals surface area contributed by atoms with Crippen molar-refractivity contribution in [3.8, 4) is 0 Å². The summed E-state index contributed by atoms with van der Waals surface area (Å²) in [7, 11) is 0. The molecule has 0 saturated heterocycles. The second-order valence-electron chi connectivity index (χ2n) is 5.61. The van der Waals surface area contributed by atoms with Crippen LogP contribution in [0, 0.1) is 6.92 Å². The summed E-state index contributed by atoms with van der Waals surface area (Å²) in [5, 5.41) is 6.61. The topological polar surface area (TPSA) is 83.7 Å². The zero-order valence-electron chi connectivity index (χ0n) is 14.1. The molecule has 1 heterocycles. The fraction of sp³-hybridized carbons (Fsp3) is 0.0500. The van der Waals surface area contributed by atoms with Crippen molar-refractivity contribution >= 4 is 23.7 Å². The van der Waals surface area contributed by atoms with Gasteiger partial charge >= 0.3 is 0 Å². The molecule has 0 saturated carbocycles. The SMILES string of the molecule is Cc1ccc(C(=O)Nc2ccc(C(=O)NN=Cc3ccco3)cc2)cc1. The monoisotopic (exact) mass is 347 g/mol. The van der Waals surface area contributed by atoms with Crippen molar-refractivity contribution in [1.82, 2.24) is 5.43 Å². The fourth-order valence-electron chi connectivity index (χ4n) is 2.20. The number of hydrogen-bond donors (Lipinski definition) is 2. The predicted octanol–water partition coefficient (Wildman–Crippen LogP) is 3.60. The zero-order chi connectivity index (χ0) is 18.4. The molecule has 0 fully saturated rings. The number of hydrazone groups is 1. The number of furan rings is 1. The molecule has 2 amide bonds. The van der Waals surface area contributed by atoms with Crippen molar-refractivity contribution in [1.29, 1.82) is 0 Å². The van der Waals surface area contributed by atoms with Crippen LogP contribution in [0.15, 0.2) is 76.4 Å². The first-order valence-corrected chi connectivity index (χ1v) is 7.97. The van der Waals surface area contributed by atoms with E-state index < -0.39 is 0 Å². The molecule has 6 nitrogen and oxygen atoms in total. The van der Waals surface area contributed by atoms with Crippen LogP contribution in [0.1, 0.15) is 32.0 Å². The molecule has 0 radical (unpaired) electrons. The highest BCUT2D eigenvalue weighted by Crippen LogP contribution is 2.12. The van der Waals surface area contributed by atoms with E-state index in [9.17, 15) is 9.59 Å². The second kappa shape index (κ2) is 7.94. The Kier molecular flexibility index (Phi) is 5.24. The maximum atomic E-state index is 12.2. The number of nitrogens with one attached hydrogen (secondary N) is 2. The average molecular weight is 347 g/mol. The summed E-state index contributed by atoms with van der Waals surface area (Å²) in [6.07, 6.45) is 2.93. The Bertz CT molecular complexity index is 912. The van der Waals surface area contributed by atoms with Crippen LogP contribution in [0.2, 0.25) is 0 Å². The minimum atomic E-state index is -0.357. The summed E-state index contributed by atoms with van der Waals surface area (Å²) in [6.45, 7) is 1.96. The van der Waals surface area contributed by atoms with E-state index in [-0.39, 0.29) is 11.8 Å². The first-order valence-electron chi connectivity index (χ1n) is 7.97. The Morgan fingerprint density at radius 3 is 2.23 bits per heavy atom. The molecule has 2 N–H and O–H groups in total. The molecule has 1 aromatic heterocycles. The molecule has 130 valence electrons. The van der Waals surface area contributed by atoms with Crippen molar-refractivity contribution in [3.05, 3.63) is 89.4 Å². The number of carbonyl (C=O) groups excluding carboxylic acids is 2. The highest BCUT2D eigenvalue weighted by atomic mass is 16.3. The average Bonchev–Trinajstić information content (AvgIpc) is 3.16. The standard InChI is InChI=1S/C20H17N3O3/c1-14-4-6-15(7-5-14)19(24)22-17-10-8-16(9-11-17)20(25)23-21-13-18-3-2-12-26-18/h2-13H,1H3,(H,22,24)(H,23,25). The number of rotatable bonds is 5. The number of anilines is 1. The van der Waals surface area contributed by atoms with E-state index in [1.807, 2.05) is 19.1 Å². The van der Waals surface area contributed by atoms with E-state index in [2.05, 4.69) is 15.8 Å². The molecule has 2 aromatic carbocycles. The number of carbonyl (C=O) groups is 2. The minimum Gasteiger partial charge on any atom is -0.463 e. The van der Waals surface area contributed by atoms with Gasteiger partial charge in [-0.15, -0.1) is 0 Å². The van der Waals surface area contributed by atoms with Crippen LogP contribution in [0.5, 0.6) is 0 Å². The first-order chi connectivity index (χ1) is 12.6. The highest BCUT2D eigenvalue weighted by Gasteiger charge is 2.07. The molecule has 0 aliphatic rings. The van der Waals surface area contributed by atoms with Crippen molar-refractivity contribution in [3.63, 3.8) is 0 Å². The molecule has 0 atom stereocenters. The number of nitrogens with zero attached hydrogens (tertiary/aromatic N) is 1. The molecule has 0 aliphatic heterocycles. The number of benzene rings is 2. The highest BCUT2D eigenvalue weighted by molar-refractivity contribution is 6.04. The van der Waals surface area contributed by atoms with Crippen molar-refractivity contribution < 1.29 is 14.0 Å². The lowest BCUT2D eigenvalue weighted by atomic mass is 10.1. The van der Waals surface area contributed by atoms with Crippen molar-refractivity contribution in [2.24, 2.45) is 5.10 Å². The molecule has 0 bridgehead atoms. The summed E-state index contributed by atoms with van der Waals surface area (Å²) in [5.41, 5.74) is 5.10. The van der Waals surface area contributed by atoms with Gasteiger partial charge in [-0.1, -0.05) is 17.7 Å². The van der Waals surface area contributed by atoms with Gasteiger partial charge in [-0.3, -0.25) is 9.59 Å². The Balaban J connectivity index is 1.58. The molecule has 26 heavy (non-hydrogen) atoms. The smallest absolute Gasteiger partial charge is 0.271 e. The van der Waals surface area contributed by atoms with Crippen LogP contribution in [0.4, 0.5) is 5.69 Å². The maximum Gasteiger partial charge on any atom is 0.271 e.